The van der Waals surface area contributed by atoms with Crippen LogP contribution in [0.2, 0.25) is 15.1 Å². The Morgan fingerprint density at radius 1 is 1.10 bits per heavy atom. The molecule has 0 unspecified atom stereocenters. The van der Waals surface area contributed by atoms with Gasteiger partial charge in [0.25, 0.3) is 5.91 Å². The summed E-state index contributed by atoms with van der Waals surface area (Å²) in [5.41, 5.74) is 0.651. The summed E-state index contributed by atoms with van der Waals surface area (Å²) in [5, 5.41) is 9.48. The van der Waals surface area contributed by atoms with Gasteiger partial charge < -0.3 is 14.1 Å². The van der Waals surface area contributed by atoms with Gasteiger partial charge in [-0.1, -0.05) is 46.9 Å². The van der Waals surface area contributed by atoms with Crippen molar-refractivity contribution >= 4 is 40.7 Å². The van der Waals surface area contributed by atoms with Crippen molar-refractivity contribution in [3.8, 4) is 17.2 Å². The average Bonchev–Trinajstić information content (AvgIpc) is 3.43. The van der Waals surface area contributed by atoms with E-state index in [4.69, 9.17) is 44.0 Å². The van der Waals surface area contributed by atoms with Crippen LogP contribution in [0.25, 0.3) is 11.5 Å². The van der Waals surface area contributed by atoms with E-state index in [0.29, 0.717) is 38.2 Å². The molecule has 1 fully saturated rings. The topological polar surface area (TPSA) is 68.5 Å². The van der Waals surface area contributed by atoms with Gasteiger partial charge in [0.2, 0.25) is 11.8 Å². The molecule has 0 saturated heterocycles. The van der Waals surface area contributed by atoms with Crippen molar-refractivity contribution in [2.75, 3.05) is 6.61 Å². The molecule has 0 N–H and O–H groups in total. The molecule has 9 heteroatoms. The van der Waals surface area contributed by atoms with E-state index in [0.717, 1.165) is 12.8 Å². The van der Waals surface area contributed by atoms with Gasteiger partial charge in [-0.3, -0.25) is 4.79 Å². The van der Waals surface area contributed by atoms with Crippen LogP contribution >= 0.6 is 34.8 Å². The van der Waals surface area contributed by atoms with Crippen molar-refractivity contribution < 1.29 is 13.9 Å². The molecule has 1 heterocycles. The normalized spacial score (nSPS) is 13.3. The van der Waals surface area contributed by atoms with E-state index in [9.17, 15) is 4.79 Å². The summed E-state index contributed by atoms with van der Waals surface area (Å²) < 4.78 is 11.3. The first kappa shape index (κ1) is 20.0. The van der Waals surface area contributed by atoms with Gasteiger partial charge in [-0.15, -0.1) is 10.2 Å². The Balaban J connectivity index is 1.43. The molecule has 0 radical (unpaired) electrons. The fourth-order valence-corrected chi connectivity index (χ4v) is 3.51. The molecule has 1 saturated carbocycles. The third-order valence-corrected chi connectivity index (χ3v) is 5.29. The SMILES string of the molecule is O=C(COc1ccc(Cl)cc1Cl)N(Cc1nnc(-c2ccccc2Cl)o1)C1CC1. The molecule has 1 amide bonds. The number of hydrogen-bond acceptors (Lipinski definition) is 5. The Morgan fingerprint density at radius 2 is 1.90 bits per heavy atom. The van der Waals surface area contributed by atoms with E-state index in [1.54, 1.807) is 35.2 Å². The number of ether oxygens (including phenoxy) is 1. The van der Waals surface area contributed by atoms with Crippen LogP contribution in [-0.2, 0) is 11.3 Å². The third-order valence-electron chi connectivity index (χ3n) is 4.43. The molecule has 29 heavy (non-hydrogen) atoms. The van der Waals surface area contributed by atoms with Crippen LogP contribution in [0.1, 0.15) is 18.7 Å². The van der Waals surface area contributed by atoms with Crippen LogP contribution in [0.15, 0.2) is 46.9 Å². The van der Waals surface area contributed by atoms with Gasteiger partial charge >= 0.3 is 0 Å². The molecular formula is C20H16Cl3N3O3. The van der Waals surface area contributed by atoms with Crippen molar-refractivity contribution in [3.05, 3.63) is 63.4 Å². The Hall–Kier alpha value is -2.28. The predicted octanol–water partition coefficient (Wildman–Crippen LogP) is 5.27. The number of halogens is 3. The van der Waals surface area contributed by atoms with Crippen molar-refractivity contribution in [1.82, 2.24) is 15.1 Å². The molecular weight excluding hydrogens is 437 g/mol. The second-order valence-electron chi connectivity index (χ2n) is 6.60. The summed E-state index contributed by atoms with van der Waals surface area (Å²) in [6.45, 7) is 0.0576. The minimum absolute atomic E-state index is 0.141. The summed E-state index contributed by atoms with van der Waals surface area (Å²) >= 11 is 18.2. The Kier molecular flexibility index (Phi) is 5.94. The Labute approximate surface area is 182 Å². The molecule has 150 valence electrons. The van der Waals surface area contributed by atoms with Crippen LogP contribution in [0.5, 0.6) is 5.75 Å². The first-order chi connectivity index (χ1) is 14.0. The highest BCUT2D eigenvalue weighted by molar-refractivity contribution is 6.35. The molecule has 1 aliphatic rings. The molecule has 0 spiro atoms. The standard InChI is InChI=1S/C20H16Cl3N3O3/c21-12-5-8-17(16(23)9-12)28-11-19(27)26(13-6-7-13)10-18-24-25-20(29-18)14-3-1-2-4-15(14)22/h1-5,8-9,13H,6-7,10-11H2. The number of carbonyl (C=O) groups excluding carboxylic acids is 1. The van der Waals surface area contributed by atoms with Crippen molar-refractivity contribution in [1.29, 1.82) is 0 Å². The summed E-state index contributed by atoms with van der Waals surface area (Å²) in [7, 11) is 0. The van der Waals surface area contributed by atoms with E-state index >= 15 is 0 Å². The monoisotopic (exact) mass is 451 g/mol. The maximum absolute atomic E-state index is 12.7. The highest BCUT2D eigenvalue weighted by Crippen LogP contribution is 2.31. The van der Waals surface area contributed by atoms with E-state index < -0.39 is 0 Å². The molecule has 2 aromatic carbocycles. The van der Waals surface area contributed by atoms with E-state index in [1.807, 2.05) is 12.1 Å². The summed E-state index contributed by atoms with van der Waals surface area (Å²) in [4.78, 5) is 14.4. The number of hydrogen-bond donors (Lipinski definition) is 0. The lowest BCUT2D eigenvalue weighted by Gasteiger charge is -2.20. The number of carbonyl (C=O) groups is 1. The zero-order valence-electron chi connectivity index (χ0n) is 15.1. The van der Waals surface area contributed by atoms with Crippen LogP contribution in [-0.4, -0.2) is 33.7 Å². The highest BCUT2D eigenvalue weighted by Gasteiger charge is 2.34. The lowest BCUT2D eigenvalue weighted by molar-refractivity contribution is -0.134. The lowest BCUT2D eigenvalue weighted by Crippen LogP contribution is -2.36. The third kappa shape index (κ3) is 4.83. The average molecular weight is 453 g/mol. The van der Waals surface area contributed by atoms with Crippen molar-refractivity contribution in [3.63, 3.8) is 0 Å². The fourth-order valence-electron chi connectivity index (χ4n) is 2.83. The van der Waals surface area contributed by atoms with Gasteiger partial charge in [-0.05, 0) is 43.2 Å². The summed E-state index contributed by atoms with van der Waals surface area (Å²) in [6.07, 6.45) is 1.86. The van der Waals surface area contributed by atoms with Gasteiger partial charge in [0.1, 0.15) is 5.75 Å². The van der Waals surface area contributed by atoms with E-state index in [2.05, 4.69) is 10.2 Å². The minimum Gasteiger partial charge on any atom is -0.482 e. The Morgan fingerprint density at radius 3 is 2.62 bits per heavy atom. The van der Waals surface area contributed by atoms with Gasteiger partial charge in [-0.2, -0.15) is 0 Å². The number of benzene rings is 2. The molecule has 0 bridgehead atoms. The second kappa shape index (κ2) is 8.61. The second-order valence-corrected chi connectivity index (χ2v) is 7.85. The van der Waals surface area contributed by atoms with Crippen LogP contribution in [0.4, 0.5) is 0 Å². The smallest absolute Gasteiger partial charge is 0.261 e. The summed E-state index contributed by atoms with van der Waals surface area (Å²) in [5.74, 6) is 0.873. The predicted molar refractivity (Wildman–Crippen MR) is 110 cm³/mol. The number of nitrogens with zero attached hydrogens (tertiary/aromatic N) is 3. The number of aromatic nitrogens is 2. The first-order valence-corrected chi connectivity index (χ1v) is 10.1. The first-order valence-electron chi connectivity index (χ1n) is 8.96. The van der Waals surface area contributed by atoms with Gasteiger partial charge in [0.05, 0.1) is 22.2 Å². The van der Waals surface area contributed by atoms with Crippen LogP contribution in [0.3, 0.4) is 0 Å². The molecule has 6 nitrogen and oxygen atoms in total. The lowest BCUT2D eigenvalue weighted by atomic mass is 10.2. The van der Waals surface area contributed by atoms with E-state index in [1.165, 1.54) is 0 Å². The minimum atomic E-state index is -0.184. The molecule has 1 aliphatic carbocycles. The highest BCUT2D eigenvalue weighted by atomic mass is 35.5. The largest absolute Gasteiger partial charge is 0.482 e. The quantitative estimate of drug-likeness (QED) is 0.489. The van der Waals surface area contributed by atoms with Crippen LogP contribution < -0.4 is 4.74 Å². The molecule has 0 atom stereocenters. The van der Waals surface area contributed by atoms with Gasteiger partial charge in [0.15, 0.2) is 6.61 Å². The number of rotatable bonds is 7. The summed E-state index contributed by atoms with van der Waals surface area (Å²) in [6, 6.07) is 12.2. The fraction of sp³-hybridized carbons (Fsp3) is 0.250. The number of amides is 1. The van der Waals surface area contributed by atoms with Crippen molar-refractivity contribution in [2.45, 2.75) is 25.4 Å². The van der Waals surface area contributed by atoms with E-state index in [-0.39, 0.29) is 25.1 Å². The van der Waals surface area contributed by atoms with Crippen molar-refractivity contribution in [2.24, 2.45) is 0 Å². The zero-order valence-corrected chi connectivity index (χ0v) is 17.4. The maximum Gasteiger partial charge on any atom is 0.261 e. The molecule has 0 aliphatic heterocycles. The molecule has 3 aromatic rings. The van der Waals surface area contributed by atoms with Crippen LogP contribution in [0, 0.1) is 0 Å². The molecule has 1 aromatic heterocycles. The maximum atomic E-state index is 12.7. The zero-order chi connectivity index (χ0) is 20.4. The van der Waals surface area contributed by atoms with Gasteiger partial charge in [0, 0.05) is 11.1 Å². The Bertz CT molecular complexity index is 1040. The molecule has 4 rings (SSSR count). The van der Waals surface area contributed by atoms with Gasteiger partial charge in [-0.25, -0.2) is 0 Å².